The smallest absolute Gasteiger partial charge is 0.178 e. The molecule has 0 heterocycles. The maximum Gasteiger partial charge on any atom is 0.178 e. The zero-order chi connectivity index (χ0) is 20.7. The number of allylic oxidation sites excluding steroid dienone is 4. The third-order valence-corrected chi connectivity index (χ3v) is 9.67. The first-order valence-electron chi connectivity index (χ1n) is 11.0. The molecule has 156 valence electrons. The summed E-state index contributed by atoms with van der Waals surface area (Å²) in [5.74, 6) is -0.217. The van der Waals surface area contributed by atoms with Gasteiger partial charge in [0.05, 0.1) is 11.7 Å². The van der Waals surface area contributed by atoms with Crippen LogP contribution in [0.5, 0.6) is 0 Å². The molecule has 9 atom stereocenters. The van der Waals surface area contributed by atoms with Gasteiger partial charge in [0, 0.05) is 16.7 Å². The first-order valence-corrected chi connectivity index (χ1v) is 11.0. The van der Waals surface area contributed by atoms with E-state index in [0.717, 1.165) is 18.4 Å². The van der Waals surface area contributed by atoms with Gasteiger partial charge in [0.15, 0.2) is 11.5 Å². The molecule has 3 fully saturated rings. The van der Waals surface area contributed by atoms with E-state index in [-0.39, 0.29) is 35.9 Å². The minimum atomic E-state index is -1.81. The lowest BCUT2D eigenvalue weighted by molar-refractivity contribution is -0.230. The molecule has 28 heavy (non-hydrogen) atoms. The zero-order valence-electron chi connectivity index (χ0n) is 17.8. The summed E-state index contributed by atoms with van der Waals surface area (Å²) in [6.07, 6.45) is 6.79. The standard InChI is InChI=1S/C24H35FO3/c1-6-14(2)24(28)15(3)11-19-18-8-7-16-12-17(26)9-10-21(16,4)23(18,25)20(27)13-22(19,24)5/h9-10,12,14-15,18-20,27-28H,6-8,11,13H2,1-5H3. The van der Waals surface area contributed by atoms with Gasteiger partial charge in [-0.1, -0.05) is 45.8 Å². The Balaban J connectivity index is 1.83. The molecule has 0 aliphatic heterocycles. The van der Waals surface area contributed by atoms with Crippen LogP contribution in [0.15, 0.2) is 23.8 Å². The van der Waals surface area contributed by atoms with Crippen LogP contribution in [0.3, 0.4) is 0 Å². The van der Waals surface area contributed by atoms with Crippen molar-refractivity contribution in [2.24, 2.45) is 34.5 Å². The molecule has 0 aromatic carbocycles. The number of fused-ring (bicyclic) bond motifs is 5. The average Bonchev–Trinajstić information content (AvgIpc) is 2.84. The Morgan fingerprint density at radius 3 is 2.64 bits per heavy atom. The number of aliphatic hydroxyl groups excluding tert-OH is 1. The normalized spacial score (nSPS) is 53.9. The summed E-state index contributed by atoms with van der Waals surface area (Å²) >= 11 is 0. The van der Waals surface area contributed by atoms with Crippen LogP contribution in [0.4, 0.5) is 4.39 Å². The van der Waals surface area contributed by atoms with Crippen molar-refractivity contribution < 1.29 is 19.4 Å². The molecule has 4 heteroatoms. The highest BCUT2D eigenvalue weighted by molar-refractivity contribution is 6.01. The Morgan fingerprint density at radius 1 is 1.32 bits per heavy atom. The molecule has 0 bridgehead atoms. The minimum absolute atomic E-state index is 0.0271. The molecule has 2 N–H and O–H groups in total. The van der Waals surface area contributed by atoms with E-state index in [1.54, 1.807) is 12.2 Å². The summed E-state index contributed by atoms with van der Waals surface area (Å²) in [6.45, 7) is 10.2. The molecule has 9 unspecified atom stereocenters. The second-order valence-corrected chi connectivity index (χ2v) is 10.5. The van der Waals surface area contributed by atoms with Crippen LogP contribution in [0.1, 0.15) is 66.7 Å². The van der Waals surface area contributed by atoms with E-state index in [1.165, 1.54) is 6.08 Å². The Bertz CT molecular complexity index is 759. The molecular formula is C24H35FO3. The van der Waals surface area contributed by atoms with E-state index in [9.17, 15) is 15.0 Å². The van der Waals surface area contributed by atoms with Crippen LogP contribution in [0.25, 0.3) is 0 Å². The number of halogens is 1. The summed E-state index contributed by atoms with van der Waals surface area (Å²) in [5.41, 5.74) is -3.36. The highest BCUT2D eigenvalue weighted by Gasteiger charge is 2.74. The van der Waals surface area contributed by atoms with Crippen LogP contribution in [-0.4, -0.2) is 33.4 Å². The van der Waals surface area contributed by atoms with Crippen LogP contribution in [0, 0.1) is 34.5 Å². The largest absolute Gasteiger partial charge is 0.390 e. The van der Waals surface area contributed by atoms with E-state index >= 15 is 4.39 Å². The van der Waals surface area contributed by atoms with Crippen LogP contribution >= 0.6 is 0 Å². The zero-order valence-corrected chi connectivity index (χ0v) is 17.8. The molecule has 0 aromatic heterocycles. The maximum absolute atomic E-state index is 17.0. The fourth-order valence-electron chi connectivity index (χ4n) is 7.94. The Morgan fingerprint density at radius 2 is 2.00 bits per heavy atom. The molecule has 0 radical (unpaired) electrons. The second kappa shape index (κ2) is 6.01. The van der Waals surface area contributed by atoms with E-state index in [0.29, 0.717) is 12.8 Å². The molecule has 0 aromatic rings. The maximum atomic E-state index is 17.0. The van der Waals surface area contributed by atoms with Crippen molar-refractivity contribution in [2.75, 3.05) is 0 Å². The van der Waals surface area contributed by atoms with Crippen molar-refractivity contribution in [3.05, 3.63) is 23.8 Å². The molecule has 0 spiro atoms. The first-order chi connectivity index (χ1) is 13.0. The van der Waals surface area contributed by atoms with Gasteiger partial charge in [0.25, 0.3) is 0 Å². The van der Waals surface area contributed by atoms with Gasteiger partial charge in [-0.2, -0.15) is 0 Å². The topological polar surface area (TPSA) is 57.5 Å². The quantitative estimate of drug-likeness (QED) is 0.736. The minimum Gasteiger partial charge on any atom is -0.390 e. The molecule has 4 aliphatic carbocycles. The fraction of sp³-hybridized carbons (Fsp3) is 0.792. The number of ketones is 1. The molecule has 4 rings (SSSR count). The number of hydrogen-bond donors (Lipinski definition) is 2. The van der Waals surface area contributed by atoms with Gasteiger partial charge < -0.3 is 10.2 Å². The highest BCUT2D eigenvalue weighted by atomic mass is 19.1. The van der Waals surface area contributed by atoms with Crippen molar-refractivity contribution in [3.63, 3.8) is 0 Å². The molecular weight excluding hydrogens is 355 g/mol. The SMILES string of the molecule is CCC(C)C1(O)C(C)CC2C3CCC4=CC(=O)C=CC4(C)C3(F)C(O)CC21C. The van der Waals surface area contributed by atoms with Gasteiger partial charge in [-0.3, -0.25) is 4.79 Å². The molecule has 3 nitrogen and oxygen atoms in total. The van der Waals surface area contributed by atoms with Crippen molar-refractivity contribution in [1.82, 2.24) is 0 Å². The van der Waals surface area contributed by atoms with Crippen molar-refractivity contribution in [2.45, 2.75) is 84.1 Å². The van der Waals surface area contributed by atoms with Crippen molar-refractivity contribution >= 4 is 5.78 Å². The third kappa shape index (κ3) is 2.09. The van der Waals surface area contributed by atoms with E-state index in [1.807, 2.05) is 6.92 Å². The Kier molecular flexibility index (Phi) is 4.35. The van der Waals surface area contributed by atoms with Crippen molar-refractivity contribution in [3.8, 4) is 0 Å². The van der Waals surface area contributed by atoms with Crippen LogP contribution in [-0.2, 0) is 4.79 Å². The lowest BCUT2D eigenvalue weighted by Crippen LogP contribution is -2.69. The number of hydrogen-bond acceptors (Lipinski definition) is 3. The number of carbonyl (C=O) groups excluding carboxylic acids is 1. The van der Waals surface area contributed by atoms with Crippen LogP contribution in [0.2, 0.25) is 0 Å². The number of alkyl halides is 1. The van der Waals surface area contributed by atoms with Gasteiger partial charge in [-0.05, 0) is 62.5 Å². The van der Waals surface area contributed by atoms with E-state index < -0.39 is 28.2 Å². The van der Waals surface area contributed by atoms with Gasteiger partial charge in [0.1, 0.15) is 0 Å². The predicted octanol–water partition coefficient (Wildman–Crippen LogP) is 4.38. The summed E-state index contributed by atoms with van der Waals surface area (Å²) in [6, 6.07) is 0. The molecule has 0 amide bonds. The summed E-state index contributed by atoms with van der Waals surface area (Å²) in [7, 11) is 0. The van der Waals surface area contributed by atoms with Gasteiger partial charge in [0.2, 0.25) is 0 Å². The fourth-order valence-corrected chi connectivity index (χ4v) is 7.94. The average molecular weight is 391 g/mol. The molecule has 4 aliphatic rings. The second-order valence-electron chi connectivity index (χ2n) is 10.5. The predicted molar refractivity (Wildman–Crippen MR) is 107 cm³/mol. The first kappa shape index (κ1) is 20.3. The van der Waals surface area contributed by atoms with Crippen LogP contribution < -0.4 is 0 Å². The summed E-state index contributed by atoms with van der Waals surface area (Å²) < 4.78 is 17.0. The number of carbonyl (C=O) groups is 1. The Hall–Kier alpha value is -1.00. The highest BCUT2D eigenvalue weighted by Crippen LogP contribution is 2.71. The molecule has 3 saturated carbocycles. The lowest BCUT2D eigenvalue weighted by Gasteiger charge is -2.63. The van der Waals surface area contributed by atoms with Crippen molar-refractivity contribution in [1.29, 1.82) is 0 Å². The lowest BCUT2D eigenvalue weighted by atomic mass is 9.44. The van der Waals surface area contributed by atoms with Gasteiger partial charge >= 0.3 is 0 Å². The van der Waals surface area contributed by atoms with Gasteiger partial charge in [-0.15, -0.1) is 0 Å². The van der Waals surface area contributed by atoms with E-state index in [4.69, 9.17) is 0 Å². The summed E-state index contributed by atoms with van der Waals surface area (Å²) in [5, 5.41) is 23.2. The number of aliphatic hydroxyl groups is 2. The van der Waals surface area contributed by atoms with Gasteiger partial charge in [-0.25, -0.2) is 4.39 Å². The summed E-state index contributed by atoms with van der Waals surface area (Å²) in [4.78, 5) is 11.9. The monoisotopic (exact) mass is 390 g/mol. The molecule has 0 saturated heterocycles. The number of rotatable bonds is 2. The third-order valence-electron chi connectivity index (χ3n) is 9.67. The Labute approximate surface area is 168 Å². The van der Waals surface area contributed by atoms with E-state index in [2.05, 4.69) is 27.7 Å².